The number of hydrogen-bond acceptors (Lipinski definition) is 3. The van der Waals surface area contributed by atoms with E-state index in [0.29, 0.717) is 23.5 Å². The van der Waals surface area contributed by atoms with Gasteiger partial charge >= 0.3 is 0 Å². The second-order valence-electron chi connectivity index (χ2n) is 5.88. The summed E-state index contributed by atoms with van der Waals surface area (Å²) in [5, 5.41) is 0. The van der Waals surface area contributed by atoms with Crippen LogP contribution >= 0.6 is 0 Å². The van der Waals surface area contributed by atoms with Crippen LogP contribution in [0.15, 0.2) is 12.1 Å². The molecular weight excluding hydrogens is 245 g/mol. The maximum atomic E-state index is 14.2. The molecule has 2 N–H and O–H groups in total. The van der Waals surface area contributed by atoms with Crippen molar-refractivity contribution in [2.75, 3.05) is 14.2 Å². The molecule has 4 heteroatoms. The highest BCUT2D eigenvalue weighted by Crippen LogP contribution is 2.42. The van der Waals surface area contributed by atoms with E-state index >= 15 is 0 Å². The molecule has 0 heterocycles. The Morgan fingerprint density at radius 1 is 1.26 bits per heavy atom. The fourth-order valence-electron chi connectivity index (χ4n) is 2.23. The highest BCUT2D eigenvalue weighted by molar-refractivity contribution is 5.51. The zero-order valence-corrected chi connectivity index (χ0v) is 12.0. The van der Waals surface area contributed by atoms with Crippen molar-refractivity contribution < 1.29 is 13.9 Å². The number of hydrogen-bond donors (Lipinski definition) is 1. The molecule has 0 atom stereocenters. The number of rotatable bonds is 5. The Kier molecular flexibility index (Phi) is 3.47. The van der Waals surface area contributed by atoms with Crippen LogP contribution in [-0.2, 0) is 12.1 Å². The van der Waals surface area contributed by atoms with Gasteiger partial charge in [-0.2, -0.15) is 0 Å². The third-order valence-corrected chi connectivity index (χ3v) is 3.68. The molecule has 1 saturated carbocycles. The minimum absolute atomic E-state index is 0.155. The summed E-state index contributed by atoms with van der Waals surface area (Å²) in [6.07, 6.45) is 2.69. The van der Waals surface area contributed by atoms with Gasteiger partial charge in [-0.1, -0.05) is 0 Å². The Bertz CT molecular complexity index is 476. The predicted octanol–water partition coefficient (Wildman–Crippen LogP) is 2.94. The van der Waals surface area contributed by atoms with Gasteiger partial charge in [-0.15, -0.1) is 0 Å². The van der Waals surface area contributed by atoms with Crippen LogP contribution in [0.5, 0.6) is 11.5 Å². The van der Waals surface area contributed by atoms with E-state index in [-0.39, 0.29) is 5.54 Å². The second-order valence-corrected chi connectivity index (χ2v) is 5.88. The van der Waals surface area contributed by atoms with Crippen LogP contribution in [0.1, 0.15) is 37.8 Å². The summed E-state index contributed by atoms with van der Waals surface area (Å²) in [5.41, 5.74) is 6.10. The van der Waals surface area contributed by atoms with E-state index in [4.69, 9.17) is 15.2 Å². The van der Waals surface area contributed by atoms with E-state index < -0.39 is 5.67 Å². The average Bonchev–Trinajstić information content (AvgIpc) is 3.04. The summed E-state index contributed by atoms with van der Waals surface area (Å²) in [6.45, 7) is 3.07. The normalized spacial score (nSPS) is 17.2. The molecule has 2 rings (SSSR count). The molecule has 0 saturated heterocycles. The van der Waals surface area contributed by atoms with Gasteiger partial charge in [0.25, 0.3) is 0 Å². The Morgan fingerprint density at radius 3 is 2.32 bits per heavy atom. The van der Waals surface area contributed by atoms with Crippen molar-refractivity contribution in [2.45, 2.75) is 44.3 Å². The van der Waals surface area contributed by atoms with Crippen LogP contribution in [0.25, 0.3) is 0 Å². The van der Waals surface area contributed by atoms with E-state index in [0.717, 1.165) is 18.4 Å². The van der Waals surface area contributed by atoms with Gasteiger partial charge in [0.15, 0.2) is 11.5 Å². The van der Waals surface area contributed by atoms with Crippen molar-refractivity contribution >= 4 is 0 Å². The number of alkyl halides is 1. The topological polar surface area (TPSA) is 44.5 Å². The Morgan fingerprint density at radius 2 is 1.89 bits per heavy atom. The van der Waals surface area contributed by atoms with E-state index in [2.05, 4.69) is 0 Å². The molecule has 0 amide bonds. The van der Waals surface area contributed by atoms with Gasteiger partial charge in [0.2, 0.25) is 0 Å². The van der Waals surface area contributed by atoms with E-state index in [9.17, 15) is 4.39 Å². The second kappa shape index (κ2) is 4.67. The standard InChI is InChI=1S/C15H22FNO2/c1-14(2,16)11-7-10(9-15(17)5-6-15)13(19-4)12(8-11)18-3/h7-8H,5-6,9,17H2,1-4H3. The molecule has 0 spiro atoms. The minimum Gasteiger partial charge on any atom is -0.493 e. The third-order valence-electron chi connectivity index (χ3n) is 3.68. The van der Waals surface area contributed by atoms with Gasteiger partial charge in [0.1, 0.15) is 5.67 Å². The quantitative estimate of drug-likeness (QED) is 0.892. The molecule has 0 aliphatic heterocycles. The lowest BCUT2D eigenvalue weighted by molar-refractivity contribution is 0.220. The summed E-state index contributed by atoms with van der Waals surface area (Å²) in [5.74, 6) is 1.22. The molecule has 19 heavy (non-hydrogen) atoms. The summed E-state index contributed by atoms with van der Waals surface area (Å²) < 4.78 is 24.9. The van der Waals surface area contributed by atoms with Gasteiger partial charge < -0.3 is 15.2 Å². The van der Waals surface area contributed by atoms with Crippen molar-refractivity contribution in [2.24, 2.45) is 5.73 Å². The van der Waals surface area contributed by atoms with Gasteiger partial charge in [-0.3, -0.25) is 0 Å². The summed E-state index contributed by atoms with van der Waals surface area (Å²) in [6, 6.07) is 3.53. The minimum atomic E-state index is -1.42. The van der Waals surface area contributed by atoms with Crippen LogP contribution in [-0.4, -0.2) is 19.8 Å². The third kappa shape index (κ3) is 3.00. The fourth-order valence-corrected chi connectivity index (χ4v) is 2.23. The van der Waals surface area contributed by atoms with Crippen LogP contribution in [0, 0.1) is 0 Å². The van der Waals surface area contributed by atoms with Crippen molar-refractivity contribution in [3.05, 3.63) is 23.3 Å². The van der Waals surface area contributed by atoms with Crippen molar-refractivity contribution in [1.29, 1.82) is 0 Å². The van der Waals surface area contributed by atoms with E-state index in [1.54, 1.807) is 20.3 Å². The maximum absolute atomic E-state index is 14.2. The molecular formula is C15H22FNO2. The number of methoxy groups -OCH3 is 2. The number of ether oxygens (including phenoxy) is 2. The highest BCUT2D eigenvalue weighted by atomic mass is 19.1. The lowest BCUT2D eigenvalue weighted by atomic mass is 9.94. The summed E-state index contributed by atoms with van der Waals surface area (Å²) in [4.78, 5) is 0. The van der Waals surface area contributed by atoms with Crippen molar-refractivity contribution in [3.8, 4) is 11.5 Å². The molecule has 106 valence electrons. The van der Waals surface area contributed by atoms with Crippen molar-refractivity contribution in [1.82, 2.24) is 0 Å². The smallest absolute Gasteiger partial charge is 0.163 e. The average molecular weight is 267 g/mol. The Balaban J connectivity index is 2.48. The Hall–Kier alpha value is -1.29. The van der Waals surface area contributed by atoms with Crippen LogP contribution in [0.2, 0.25) is 0 Å². The van der Waals surface area contributed by atoms with Crippen LogP contribution in [0.4, 0.5) is 4.39 Å². The molecule has 0 unspecified atom stereocenters. The first-order valence-electron chi connectivity index (χ1n) is 6.52. The number of halogens is 1. The maximum Gasteiger partial charge on any atom is 0.163 e. The lowest BCUT2D eigenvalue weighted by Gasteiger charge is -2.21. The van der Waals surface area contributed by atoms with E-state index in [1.165, 1.54) is 13.8 Å². The van der Waals surface area contributed by atoms with Gasteiger partial charge in [-0.05, 0) is 50.8 Å². The summed E-state index contributed by atoms with van der Waals surface area (Å²) in [7, 11) is 3.16. The van der Waals surface area contributed by atoms with Crippen molar-refractivity contribution in [3.63, 3.8) is 0 Å². The predicted molar refractivity (Wildman–Crippen MR) is 73.5 cm³/mol. The monoisotopic (exact) mass is 267 g/mol. The lowest BCUT2D eigenvalue weighted by Crippen LogP contribution is -2.25. The molecule has 0 radical (unpaired) electrons. The molecule has 1 aliphatic rings. The molecule has 0 bridgehead atoms. The fraction of sp³-hybridized carbons (Fsp3) is 0.600. The van der Waals surface area contributed by atoms with Crippen LogP contribution in [0.3, 0.4) is 0 Å². The number of nitrogens with two attached hydrogens (primary N) is 1. The highest BCUT2D eigenvalue weighted by Gasteiger charge is 2.39. The van der Waals surface area contributed by atoms with E-state index in [1.807, 2.05) is 6.07 Å². The Labute approximate surface area is 113 Å². The summed E-state index contributed by atoms with van der Waals surface area (Å²) >= 11 is 0. The zero-order chi connectivity index (χ0) is 14.3. The molecule has 1 aliphatic carbocycles. The number of benzene rings is 1. The largest absolute Gasteiger partial charge is 0.493 e. The van der Waals surface area contributed by atoms with Gasteiger partial charge in [0, 0.05) is 11.1 Å². The zero-order valence-electron chi connectivity index (χ0n) is 12.0. The first kappa shape index (κ1) is 14.1. The van der Waals surface area contributed by atoms with Gasteiger partial charge in [-0.25, -0.2) is 4.39 Å². The molecule has 0 aromatic heterocycles. The molecule has 1 aromatic carbocycles. The molecule has 1 aromatic rings. The molecule has 3 nitrogen and oxygen atoms in total. The van der Waals surface area contributed by atoms with Gasteiger partial charge in [0.05, 0.1) is 14.2 Å². The first-order valence-corrected chi connectivity index (χ1v) is 6.52. The van der Waals surface area contributed by atoms with Crippen LogP contribution < -0.4 is 15.2 Å². The SMILES string of the molecule is COc1cc(C(C)(C)F)cc(CC2(N)CC2)c1OC. The molecule has 1 fully saturated rings. The first-order chi connectivity index (χ1) is 8.79.